The zero-order chi connectivity index (χ0) is 18.4. The molecule has 0 aromatic carbocycles. The van der Waals surface area contributed by atoms with Crippen LogP contribution in [0.3, 0.4) is 0 Å². The van der Waals surface area contributed by atoms with E-state index < -0.39 is 0 Å². The second-order valence-corrected chi connectivity index (χ2v) is 7.23. The van der Waals surface area contributed by atoms with Crippen LogP contribution >= 0.6 is 11.3 Å². The molecule has 1 amide bonds. The fourth-order valence-corrected chi connectivity index (χ4v) is 3.39. The number of hydrogen-bond acceptors (Lipinski definition) is 7. The van der Waals surface area contributed by atoms with Crippen LogP contribution in [0.2, 0.25) is 0 Å². The second-order valence-electron chi connectivity index (χ2n) is 6.51. The molecule has 4 rings (SSSR count). The lowest BCUT2D eigenvalue weighted by Gasteiger charge is -2.18. The summed E-state index contributed by atoms with van der Waals surface area (Å²) < 4.78 is 7.30. The van der Waals surface area contributed by atoms with Gasteiger partial charge in [-0.05, 0) is 19.8 Å². The third kappa shape index (κ3) is 2.64. The minimum atomic E-state index is -0.340. The standard InChI is InChI=1S/C17H18N6O2S/c1-8(2)13(20-16(24)11-5-26-7-19-11)14-21-15-12-9(3)10(4)25-17(12)18-6-23(15)22-14/h5-8,13H,1-4H3,(H,20,24)/t13-/m1/s1. The van der Waals surface area contributed by atoms with E-state index in [9.17, 15) is 4.79 Å². The Morgan fingerprint density at radius 3 is 2.81 bits per heavy atom. The summed E-state index contributed by atoms with van der Waals surface area (Å²) in [6.07, 6.45) is 1.58. The predicted octanol–water partition coefficient (Wildman–Crippen LogP) is 3.07. The summed E-state index contributed by atoms with van der Waals surface area (Å²) in [6.45, 7) is 7.90. The van der Waals surface area contributed by atoms with E-state index in [0.29, 0.717) is 22.9 Å². The van der Waals surface area contributed by atoms with Gasteiger partial charge in [-0.1, -0.05) is 13.8 Å². The molecule has 0 fully saturated rings. The molecular weight excluding hydrogens is 352 g/mol. The zero-order valence-corrected chi connectivity index (χ0v) is 15.7. The largest absolute Gasteiger partial charge is 0.443 e. The number of rotatable bonds is 4. The number of carbonyl (C=O) groups excluding carboxylic acids is 1. The molecule has 4 aromatic heterocycles. The van der Waals surface area contributed by atoms with Crippen LogP contribution < -0.4 is 5.32 Å². The molecule has 1 atom stereocenters. The molecule has 0 bridgehead atoms. The number of thiazole rings is 1. The lowest BCUT2D eigenvalue weighted by molar-refractivity contribution is 0.0918. The van der Waals surface area contributed by atoms with E-state index in [-0.39, 0.29) is 17.9 Å². The van der Waals surface area contributed by atoms with E-state index in [1.54, 1.807) is 21.7 Å². The minimum absolute atomic E-state index is 0.102. The molecule has 8 nitrogen and oxygen atoms in total. The molecule has 1 N–H and O–H groups in total. The van der Waals surface area contributed by atoms with Crippen molar-refractivity contribution in [3.05, 3.63) is 40.1 Å². The van der Waals surface area contributed by atoms with Crippen LogP contribution in [-0.2, 0) is 0 Å². The van der Waals surface area contributed by atoms with Crippen LogP contribution in [0.25, 0.3) is 16.7 Å². The third-order valence-corrected chi connectivity index (χ3v) is 5.01. The molecule has 0 saturated carbocycles. The van der Waals surface area contributed by atoms with Gasteiger partial charge in [0, 0.05) is 10.9 Å². The average molecular weight is 370 g/mol. The van der Waals surface area contributed by atoms with Gasteiger partial charge in [-0.25, -0.2) is 19.5 Å². The van der Waals surface area contributed by atoms with Gasteiger partial charge in [0.15, 0.2) is 11.5 Å². The van der Waals surface area contributed by atoms with E-state index in [1.807, 2.05) is 27.7 Å². The first-order chi connectivity index (χ1) is 12.5. The normalized spacial score (nSPS) is 13.0. The number of carbonyl (C=O) groups is 1. The van der Waals surface area contributed by atoms with Gasteiger partial charge in [-0.2, -0.15) is 0 Å². The van der Waals surface area contributed by atoms with Crippen molar-refractivity contribution in [2.24, 2.45) is 5.92 Å². The van der Waals surface area contributed by atoms with Crippen LogP contribution in [0.5, 0.6) is 0 Å². The highest BCUT2D eigenvalue weighted by molar-refractivity contribution is 7.07. The molecule has 134 valence electrons. The smallest absolute Gasteiger partial charge is 0.271 e. The number of nitrogens with one attached hydrogen (secondary N) is 1. The molecule has 4 aromatic rings. The van der Waals surface area contributed by atoms with Crippen LogP contribution in [0.15, 0.2) is 21.6 Å². The van der Waals surface area contributed by atoms with Crippen molar-refractivity contribution in [1.82, 2.24) is 29.9 Å². The third-order valence-electron chi connectivity index (χ3n) is 4.42. The van der Waals surface area contributed by atoms with Gasteiger partial charge in [-0.15, -0.1) is 16.4 Å². The Bertz CT molecular complexity index is 1100. The summed E-state index contributed by atoms with van der Waals surface area (Å²) in [4.78, 5) is 25.5. The molecule has 0 saturated heterocycles. The molecule has 0 aliphatic rings. The van der Waals surface area contributed by atoms with E-state index in [0.717, 1.165) is 16.7 Å². The Morgan fingerprint density at radius 1 is 1.31 bits per heavy atom. The fraction of sp³-hybridized carbons (Fsp3) is 0.353. The van der Waals surface area contributed by atoms with Gasteiger partial charge in [0.05, 0.1) is 16.9 Å². The molecule has 0 spiro atoms. The number of amides is 1. The summed E-state index contributed by atoms with van der Waals surface area (Å²) in [5.41, 5.74) is 4.24. The number of aromatic nitrogens is 5. The van der Waals surface area contributed by atoms with Crippen molar-refractivity contribution < 1.29 is 9.21 Å². The Morgan fingerprint density at radius 2 is 2.12 bits per heavy atom. The number of nitrogens with zero attached hydrogens (tertiary/aromatic N) is 5. The predicted molar refractivity (Wildman–Crippen MR) is 97.2 cm³/mol. The van der Waals surface area contributed by atoms with Gasteiger partial charge >= 0.3 is 0 Å². The first kappa shape index (κ1) is 16.6. The highest BCUT2D eigenvalue weighted by Gasteiger charge is 2.25. The van der Waals surface area contributed by atoms with Gasteiger partial charge in [-0.3, -0.25) is 4.79 Å². The van der Waals surface area contributed by atoms with Crippen molar-refractivity contribution in [1.29, 1.82) is 0 Å². The van der Waals surface area contributed by atoms with Gasteiger partial charge in [0.2, 0.25) is 5.71 Å². The SMILES string of the molecule is Cc1oc2ncn3nc([C@H](NC(=O)c4cscn4)C(C)C)nc3c2c1C. The van der Waals surface area contributed by atoms with Crippen molar-refractivity contribution in [2.75, 3.05) is 0 Å². The Kier molecular flexibility index (Phi) is 3.95. The van der Waals surface area contributed by atoms with Crippen LogP contribution in [-0.4, -0.2) is 30.5 Å². The molecule has 26 heavy (non-hydrogen) atoms. The highest BCUT2D eigenvalue weighted by atomic mass is 32.1. The number of fused-ring (bicyclic) bond motifs is 3. The fourth-order valence-electron chi connectivity index (χ4n) is 2.86. The number of furan rings is 1. The molecule has 0 aliphatic heterocycles. The Hall–Kier alpha value is -2.81. The summed E-state index contributed by atoms with van der Waals surface area (Å²) >= 11 is 1.38. The van der Waals surface area contributed by atoms with E-state index in [1.165, 1.54) is 11.3 Å². The maximum absolute atomic E-state index is 12.4. The molecular formula is C17H18N6O2S. The zero-order valence-electron chi connectivity index (χ0n) is 14.8. The van der Waals surface area contributed by atoms with Crippen LogP contribution in [0.1, 0.15) is 47.5 Å². The monoisotopic (exact) mass is 370 g/mol. The minimum Gasteiger partial charge on any atom is -0.443 e. The van der Waals surface area contributed by atoms with E-state index >= 15 is 0 Å². The second kappa shape index (κ2) is 6.17. The van der Waals surface area contributed by atoms with Crippen molar-refractivity contribution in [3.63, 3.8) is 0 Å². The molecule has 0 aliphatic carbocycles. The first-order valence-corrected chi connectivity index (χ1v) is 9.20. The lowest BCUT2D eigenvalue weighted by Crippen LogP contribution is -2.32. The van der Waals surface area contributed by atoms with Crippen molar-refractivity contribution >= 4 is 34.0 Å². The molecule has 9 heteroatoms. The van der Waals surface area contributed by atoms with Crippen molar-refractivity contribution in [2.45, 2.75) is 33.7 Å². The van der Waals surface area contributed by atoms with E-state index in [4.69, 9.17) is 9.40 Å². The van der Waals surface area contributed by atoms with Gasteiger partial charge in [0.25, 0.3) is 5.91 Å². The van der Waals surface area contributed by atoms with Gasteiger partial charge in [0.1, 0.15) is 17.8 Å². The highest BCUT2D eigenvalue weighted by Crippen LogP contribution is 2.28. The quantitative estimate of drug-likeness (QED) is 0.593. The summed E-state index contributed by atoms with van der Waals surface area (Å²) in [5, 5.41) is 10.1. The number of hydrogen-bond donors (Lipinski definition) is 1. The number of aryl methyl sites for hydroxylation is 2. The van der Waals surface area contributed by atoms with E-state index in [2.05, 4.69) is 20.4 Å². The molecule has 0 radical (unpaired) electrons. The first-order valence-electron chi connectivity index (χ1n) is 8.25. The Balaban J connectivity index is 1.78. The summed E-state index contributed by atoms with van der Waals surface area (Å²) in [6, 6.07) is -0.340. The Labute approximate surface area is 153 Å². The van der Waals surface area contributed by atoms with Crippen LogP contribution in [0, 0.1) is 19.8 Å². The summed E-state index contributed by atoms with van der Waals surface area (Å²) in [7, 11) is 0. The molecule has 4 heterocycles. The van der Waals surface area contributed by atoms with Crippen LogP contribution in [0.4, 0.5) is 0 Å². The topological polar surface area (TPSA) is 98.2 Å². The maximum Gasteiger partial charge on any atom is 0.271 e. The molecule has 0 unspecified atom stereocenters. The average Bonchev–Trinajstić information content (AvgIpc) is 3.31. The maximum atomic E-state index is 12.4. The van der Waals surface area contributed by atoms with Crippen molar-refractivity contribution in [3.8, 4) is 0 Å². The lowest BCUT2D eigenvalue weighted by atomic mass is 10.0. The summed E-state index contributed by atoms with van der Waals surface area (Å²) in [5.74, 6) is 1.21. The van der Waals surface area contributed by atoms with Gasteiger partial charge < -0.3 is 9.73 Å².